The number of nitrogens with one attached hydrogen (secondary N) is 1. The van der Waals surface area contributed by atoms with Crippen LogP contribution in [0, 0.1) is 0 Å². The van der Waals surface area contributed by atoms with Gasteiger partial charge in [-0.15, -0.1) is 0 Å². The molecule has 0 spiro atoms. The van der Waals surface area contributed by atoms with Crippen molar-refractivity contribution in [1.82, 2.24) is 0 Å². The van der Waals surface area contributed by atoms with Crippen molar-refractivity contribution in [1.29, 1.82) is 0 Å². The smallest absolute Gasteiger partial charge is 0.238 e. The van der Waals surface area contributed by atoms with Gasteiger partial charge in [-0.1, -0.05) is 0 Å². The lowest BCUT2D eigenvalue weighted by Crippen LogP contribution is -2.12. The summed E-state index contributed by atoms with van der Waals surface area (Å²) in [5.41, 5.74) is 0.769. The van der Waals surface area contributed by atoms with E-state index in [9.17, 15) is 8.42 Å². The fraction of sp³-hybridized carbons (Fsp3) is 0.231. The predicted octanol–water partition coefficient (Wildman–Crippen LogP) is 3.16. The average Bonchev–Trinajstić information content (AvgIpc) is 2.84. The van der Waals surface area contributed by atoms with Crippen LogP contribution in [-0.4, -0.2) is 14.7 Å². The van der Waals surface area contributed by atoms with Crippen LogP contribution >= 0.6 is 27.7 Å². The first-order chi connectivity index (χ1) is 9.90. The number of halogens is 1. The Morgan fingerprint density at radius 3 is 2.62 bits per heavy atom. The summed E-state index contributed by atoms with van der Waals surface area (Å²) in [6, 6.07) is 8.47. The number of sulfonamides is 1. The SMILES string of the molecule is CSCc1ccc(CNc2ccc(S(N)(=O)=O)cc2Br)o1. The molecule has 1 aromatic heterocycles. The second-order valence-corrected chi connectivity index (χ2v) is 7.62. The summed E-state index contributed by atoms with van der Waals surface area (Å²) in [7, 11) is -3.69. The number of anilines is 1. The van der Waals surface area contributed by atoms with E-state index in [-0.39, 0.29) is 4.90 Å². The Balaban J connectivity index is 2.06. The molecule has 2 aromatic rings. The van der Waals surface area contributed by atoms with Gasteiger partial charge in [0.2, 0.25) is 10.0 Å². The van der Waals surface area contributed by atoms with Crippen molar-refractivity contribution in [3.63, 3.8) is 0 Å². The van der Waals surface area contributed by atoms with Crippen LogP contribution in [0.4, 0.5) is 5.69 Å². The number of furan rings is 1. The molecule has 8 heteroatoms. The lowest BCUT2D eigenvalue weighted by molar-refractivity contribution is 0.487. The highest BCUT2D eigenvalue weighted by Gasteiger charge is 2.10. The minimum absolute atomic E-state index is 0.0696. The quantitative estimate of drug-likeness (QED) is 0.790. The molecule has 0 aliphatic rings. The van der Waals surface area contributed by atoms with Gasteiger partial charge in [0.1, 0.15) is 11.5 Å². The van der Waals surface area contributed by atoms with E-state index in [4.69, 9.17) is 9.56 Å². The van der Waals surface area contributed by atoms with Gasteiger partial charge in [-0.2, -0.15) is 11.8 Å². The van der Waals surface area contributed by atoms with Crippen LogP contribution in [0.5, 0.6) is 0 Å². The molecule has 21 heavy (non-hydrogen) atoms. The average molecular weight is 391 g/mol. The monoisotopic (exact) mass is 390 g/mol. The summed E-state index contributed by atoms with van der Waals surface area (Å²) in [6.45, 7) is 0.516. The first kappa shape index (κ1) is 16.4. The van der Waals surface area contributed by atoms with Gasteiger partial charge in [0, 0.05) is 10.2 Å². The van der Waals surface area contributed by atoms with Crippen molar-refractivity contribution >= 4 is 43.4 Å². The minimum atomic E-state index is -3.69. The highest BCUT2D eigenvalue weighted by atomic mass is 79.9. The third-order valence-corrected chi connectivity index (χ3v) is 4.87. The number of nitrogens with two attached hydrogens (primary N) is 1. The van der Waals surface area contributed by atoms with Crippen LogP contribution < -0.4 is 10.5 Å². The normalized spacial score (nSPS) is 11.6. The molecule has 0 unspecified atom stereocenters. The Bertz CT molecular complexity index is 729. The fourth-order valence-electron chi connectivity index (χ4n) is 1.74. The zero-order valence-corrected chi connectivity index (χ0v) is 14.5. The van der Waals surface area contributed by atoms with Crippen LogP contribution in [-0.2, 0) is 22.3 Å². The van der Waals surface area contributed by atoms with Crippen molar-refractivity contribution in [3.8, 4) is 0 Å². The number of hydrogen-bond acceptors (Lipinski definition) is 5. The third-order valence-electron chi connectivity index (χ3n) is 2.73. The maximum atomic E-state index is 11.3. The van der Waals surface area contributed by atoms with Crippen molar-refractivity contribution in [3.05, 3.63) is 46.3 Å². The molecule has 0 fully saturated rings. The Kier molecular flexibility index (Phi) is 5.37. The Morgan fingerprint density at radius 2 is 2.00 bits per heavy atom. The van der Waals surface area contributed by atoms with Gasteiger partial charge in [0.25, 0.3) is 0 Å². The molecule has 3 N–H and O–H groups in total. The summed E-state index contributed by atoms with van der Waals surface area (Å²) < 4.78 is 28.8. The van der Waals surface area contributed by atoms with Crippen LogP contribution in [0.1, 0.15) is 11.5 Å². The lowest BCUT2D eigenvalue weighted by atomic mass is 10.3. The largest absolute Gasteiger partial charge is 0.463 e. The van der Waals surface area contributed by atoms with E-state index in [1.807, 2.05) is 18.4 Å². The molecule has 0 aliphatic heterocycles. The molecular formula is C13H15BrN2O3S2. The first-order valence-corrected chi connectivity index (χ1v) is 9.76. The standard InChI is InChI=1S/C13H15BrN2O3S2/c1-20-8-10-3-2-9(19-10)7-16-13-5-4-11(6-12(13)14)21(15,17)18/h2-6,16H,7-8H2,1H3,(H2,15,17,18). The van der Waals surface area contributed by atoms with Gasteiger partial charge >= 0.3 is 0 Å². The zero-order chi connectivity index (χ0) is 15.5. The van der Waals surface area contributed by atoms with Crippen molar-refractivity contribution in [2.75, 3.05) is 11.6 Å². The van der Waals surface area contributed by atoms with Gasteiger partial charge in [0.05, 0.1) is 17.2 Å². The van der Waals surface area contributed by atoms with Gasteiger partial charge in [0.15, 0.2) is 0 Å². The number of thioether (sulfide) groups is 1. The van der Waals surface area contributed by atoms with E-state index in [1.165, 1.54) is 12.1 Å². The summed E-state index contributed by atoms with van der Waals surface area (Å²) in [5.74, 6) is 2.59. The van der Waals surface area contributed by atoms with Gasteiger partial charge < -0.3 is 9.73 Å². The summed E-state index contributed by atoms with van der Waals surface area (Å²) in [4.78, 5) is 0.0696. The Labute approximate surface area is 136 Å². The topological polar surface area (TPSA) is 85.3 Å². The van der Waals surface area contributed by atoms with Crippen molar-refractivity contribution in [2.24, 2.45) is 5.14 Å². The predicted molar refractivity (Wildman–Crippen MR) is 88.8 cm³/mol. The molecule has 5 nitrogen and oxygen atoms in total. The number of primary sulfonamides is 1. The van der Waals surface area contributed by atoms with Crippen LogP contribution in [0.3, 0.4) is 0 Å². The molecular weight excluding hydrogens is 376 g/mol. The Hall–Kier alpha value is -0.960. The van der Waals surface area contributed by atoms with Crippen LogP contribution in [0.25, 0.3) is 0 Å². The molecule has 1 aromatic carbocycles. The second kappa shape index (κ2) is 6.87. The number of rotatable bonds is 6. The summed E-state index contributed by atoms with van der Waals surface area (Å²) in [5, 5.41) is 8.27. The minimum Gasteiger partial charge on any atom is -0.463 e. The lowest BCUT2D eigenvalue weighted by Gasteiger charge is -2.08. The molecule has 114 valence electrons. The molecule has 0 atom stereocenters. The van der Waals surface area contributed by atoms with Crippen LogP contribution in [0.2, 0.25) is 0 Å². The van der Waals surface area contributed by atoms with E-state index in [1.54, 1.807) is 17.8 Å². The molecule has 0 bridgehead atoms. The molecule has 1 heterocycles. The van der Waals surface area contributed by atoms with Crippen molar-refractivity contribution < 1.29 is 12.8 Å². The second-order valence-electron chi connectivity index (χ2n) is 4.34. The maximum Gasteiger partial charge on any atom is 0.238 e. The first-order valence-electron chi connectivity index (χ1n) is 6.03. The molecule has 0 saturated carbocycles. The van der Waals surface area contributed by atoms with E-state index in [0.29, 0.717) is 11.0 Å². The zero-order valence-electron chi connectivity index (χ0n) is 11.3. The maximum absolute atomic E-state index is 11.3. The number of benzene rings is 1. The van der Waals surface area contributed by atoms with Gasteiger partial charge in [-0.25, -0.2) is 13.6 Å². The van der Waals surface area contributed by atoms with Gasteiger partial charge in [-0.05, 0) is 52.5 Å². The number of hydrogen-bond donors (Lipinski definition) is 2. The molecule has 0 amide bonds. The molecule has 0 aliphatic carbocycles. The van der Waals surface area contributed by atoms with Crippen LogP contribution in [0.15, 0.2) is 44.1 Å². The third kappa shape index (κ3) is 4.50. The molecule has 2 rings (SSSR count). The summed E-state index contributed by atoms with van der Waals surface area (Å²) >= 11 is 5.03. The van der Waals surface area contributed by atoms with Crippen molar-refractivity contribution in [2.45, 2.75) is 17.2 Å². The van der Waals surface area contributed by atoms with E-state index in [0.717, 1.165) is 23.0 Å². The molecule has 0 radical (unpaired) electrons. The highest BCUT2D eigenvalue weighted by Crippen LogP contribution is 2.26. The molecule has 0 saturated heterocycles. The fourth-order valence-corrected chi connectivity index (χ4v) is 3.39. The van der Waals surface area contributed by atoms with E-state index >= 15 is 0 Å². The van der Waals surface area contributed by atoms with E-state index in [2.05, 4.69) is 21.2 Å². The van der Waals surface area contributed by atoms with E-state index < -0.39 is 10.0 Å². The Morgan fingerprint density at radius 1 is 1.29 bits per heavy atom. The highest BCUT2D eigenvalue weighted by molar-refractivity contribution is 9.10. The summed E-state index contributed by atoms with van der Waals surface area (Å²) in [6.07, 6.45) is 2.02. The van der Waals surface area contributed by atoms with Gasteiger partial charge in [-0.3, -0.25) is 0 Å².